The van der Waals surface area contributed by atoms with Gasteiger partial charge in [-0.25, -0.2) is 0 Å². The molecule has 6 nitrogen and oxygen atoms in total. The number of amides is 1. The van der Waals surface area contributed by atoms with Crippen molar-refractivity contribution in [3.63, 3.8) is 0 Å². The zero-order valence-corrected chi connectivity index (χ0v) is 14.4. The number of fused-ring (bicyclic) bond motifs is 1. The average Bonchev–Trinajstić information content (AvgIpc) is 3.02. The van der Waals surface area contributed by atoms with Gasteiger partial charge in [-0.2, -0.15) is 0 Å². The Morgan fingerprint density at radius 1 is 1.33 bits per heavy atom. The fourth-order valence-corrected chi connectivity index (χ4v) is 3.77. The molecule has 8 heteroatoms. The molecule has 2 aliphatic rings. The molecule has 24 heavy (non-hydrogen) atoms. The second kappa shape index (κ2) is 6.66. The van der Waals surface area contributed by atoms with Gasteiger partial charge in [0.05, 0.1) is 10.7 Å². The van der Waals surface area contributed by atoms with E-state index in [9.17, 15) is 9.59 Å². The number of thioether (sulfide) groups is 1. The second-order valence-electron chi connectivity index (χ2n) is 5.00. The highest BCUT2D eigenvalue weighted by molar-refractivity contribution is 8.03. The first kappa shape index (κ1) is 16.5. The van der Waals surface area contributed by atoms with Crippen molar-refractivity contribution >= 4 is 46.7 Å². The molecular formula is C16H14N2O4S2. The number of carbonyl (C=O) groups is 2. The predicted molar refractivity (Wildman–Crippen MR) is 94.5 cm³/mol. The lowest BCUT2D eigenvalue weighted by Crippen LogP contribution is -2.27. The largest absolute Gasteiger partial charge is 0.480 e. The molecular weight excluding hydrogens is 348 g/mol. The third kappa shape index (κ3) is 3.02. The average molecular weight is 362 g/mol. The first-order chi connectivity index (χ1) is 11.5. The van der Waals surface area contributed by atoms with Crippen LogP contribution in [0.2, 0.25) is 0 Å². The van der Waals surface area contributed by atoms with Gasteiger partial charge in [-0.1, -0.05) is 23.9 Å². The zero-order valence-electron chi connectivity index (χ0n) is 12.8. The van der Waals surface area contributed by atoms with E-state index in [1.807, 2.05) is 31.2 Å². The number of carbonyl (C=O) groups excluding carboxylic acids is 1. The smallest absolute Gasteiger partial charge is 0.323 e. The summed E-state index contributed by atoms with van der Waals surface area (Å²) in [6.45, 7) is 2.09. The molecule has 0 aliphatic carbocycles. The van der Waals surface area contributed by atoms with E-state index in [0.717, 1.165) is 10.6 Å². The number of thiocarbonyl (C=S) groups is 1. The summed E-state index contributed by atoms with van der Waals surface area (Å²) in [4.78, 5) is 27.3. The first-order valence-electron chi connectivity index (χ1n) is 7.23. The van der Waals surface area contributed by atoms with E-state index in [1.54, 1.807) is 11.0 Å². The molecule has 124 valence electrons. The van der Waals surface area contributed by atoms with E-state index in [1.165, 1.54) is 22.7 Å². The summed E-state index contributed by atoms with van der Waals surface area (Å²) >= 11 is 6.45. The number of ether oxygens (including phenoxy) is 1. The van der Waals surface area contributed by atoms with Gasteiger partial charge >= 0.3 is 5.97 Å². The van der Waals surface area contributed by atoms with Crippen molar-refractivity contribution in [1.82, 2.24) is 4.90 Å². The molecule has 3 rings (SSSR count). The number of carboxylic acid groups (broad SMARTS) is 1. The molecule has 0 atom stereocenters. The maximum Gasteiger partial charge on any atom is 0.323 e. The third-order valence-corrected chi connectivity index (χ3v) is 4.93. The Labute approximate surface area is 148 Å². The highest BCUT2D eigenvalue weighted by Gasteiger charge is 2.32. The lowest BCUT2D eigenvalue weighted by atomic mass is 10.3. The molecule has 2 aliphatic heterocycles. The monoisotopic (exact) mass is 362 g/mol. The number of anilines is 1. The molecule has 1 amide bonds. The SMILES string of the molecule is CCN1C(=O)C(=CC=C2Sc3ccccc3N2CC(=O)O)OC1=S. The van der Waals surface area contributed by atoms with Crippen molar-refractivity contribution < 1.29 is 19.4 Å². The van der Waals surface area contributed by atoms with Gasteiger partial charge in [0.15, 0.2) is 5.76 Å². The van der Waals surface area contributed by atoms with Crippen LogP contribution in [0.15, 0.2) is 52.1 Å². The van der Waals surface area contributed by atoms with Gasteiger partial charge in [0.25, 0.3) is 11.1 Å². The van der Waals surface area contributed by atoms with Gasteiger partial charge in [-0.3, -0.25) is 14.5 Å². The fraction of sp³-hybridized carbons (Fsp3) is 0.188. The lowest BCUT2D eigenvalue weighted by molar-refractivity contribution is -0.135. The number of rotatable bonds is 4. The van der Waals surface area contributed by atoms with Crippen molar-refractivity contribution in [3.05, 3.63) is 47.2 Å². The van der Waals surface area contributed by atoms with Crippen molar-refractivity contribution in [2.75, 3.05) is 18.0 Å². The van der Waals surface area contributed by atoms with E-state index in [2.05, 4.69) is 0 Å². The van der Waals surface area contributed by atoms with Gasteiger partial charge in [0.2, 0.25) is 0 Å². The number of hydrogen-bond donors (Lipinski definition) is 1. The summed E-state index contributed by atoms with van der Waals surface area (Å²) in [5.41, 5.74) is 0.832. The van der Waals surface area contributed by atoms with Crippen LogP contribution in [0, 0.1) is 0 Å². The minimum atomic E-state index is -0.933. The van der Waals surface area contributed by atoms with E-state index in [-0.39, 0.29) is 23.4 Å². The zero-order chi connectivity index (χ0) is 17.3. The second-order valence-corrected chi connectivity index (χ2v) is 6.41. The first-order valence-corrected chi connectivity index (χ1v) is 8.45. The van der Waals surface area contributed by atoms with Gasteiger partial charge in [-0.05, 0) is 43.4 Å². The number of nitrogens with zero attached hydrogens (tertiary/aromatic N) is 2. The molecule has 2 heterocycles. The quantitative estimate of drug-likeness (QED) is 0.652. The Balaban J connectivity index is 1.90. The molecule has 1 fully saturated rings. The molecule has 0 spiro atoms. The number of allylic oxidation sites excluding steroid dienone is 2. The van der Waals surface area contributed by atoms with Crippen molar-refractivity contribution in [2.24, 2.45) is 0 Å². The Hall–Kier alpha value is -2.32. The van der Waals surface area contributed by atoms with Crippen molar-refractivity contribution in [2.45, 2.75) is 11.8 Å². The predicted octanol–water partition coefficient (Wildman–Crippen LogP) is 2.57. The molecule has 1 saturated heterocycles. The number of likely N-dealkylation sites (N-methyl/N-ethyl adjacent to an activating group) is 1. The fourth-order valence-electron chi connectivity index (χ4n) is 2.41. The lowest BCUT2D eigenvalue weighted by Gasteiger charge is -2.17. The Kier molecular flexibility index (Phi) is 4.59. The van der Waals surface area contributed by atoms with E-state index in [4.69, 9.17) is 22.1 Å². The summed E-state index contributed by atoms with van der Waals surface area (Å²) < 4.78 is 5.31. The minimum absolute atomic E-state index is 0.136. The Morgan fingerprint density at radius 2 is 2.08 bits per heavy atom. The molecule has 0 unspecified atom stereocenters. The number of carboxylic acids is 1. The number of benzene rings is 1. The summed E-state index contributed by atoms with van der Waals surface area (Å²) in [6, 6.07) is 7.54. The topological polar surface area (TPSA) is 70.1 Å². The van der Waals surface area contributed by atoms with Crippen LogP contribution in [-0.4, -0.2) is 40.1 Å². The van der Waals surface area contributed by atoms with Gasteiger partial charge in [-0.15, -0.1) is 0 Å². The molecule has 0 radical (unpaired) electrons. The highest BCUT2D eigenvalue weighted by atomic mass is 32.2. The van der Waals surface area contributed by atoms with Crippen LogP contribution in [0.4, 0.5) is 5.69 Å². The third-order valence-electron chi connectivity index (χ3n) is 3.50. The van der Waals surface area contributed by atoms with Crippen molar-refractivity contribution in [1.29, 1.82) is 0 Å². The van der Waals surface area contributed by atoms with Crippen LogP contribution < -0.4 is 4.90 Å². The van der Waals surface area contributed by atoms with Gasteiger partial charge < -0.3 is 14.7 Å². The van der Waals surface area contributed by atoms with Crippen molar-refractivity contribution in [3.8, 4) is 0 Å². The summed E-state index contributed by atoms with van der Waals surface area (Å²) in [6.07, 6.45) is 3.22. The highest BCUT2D eigenvalue weighted by Crippen LogP contribution is 2.45. The van der Waals surface area contributed by atoms with Crippen LogP contribution >= 0.6 is 24.0 Å². The summed E-state index contributed by atoms with van der Waals surface area (Å²) in [5.74, 6) is -1.08. The Morgan fingerprint density at radius 3 is 2.75 bits per heavy atom. The van der Waals surface area contributed by atoms with E-state index < -0.39 is 5.97 Å². The maximum atomic E-state index is 12.1. The van der Waals surface area contributed by atoms with E-state index >= 15 is 0 Å². The number of hydrogen-bond acceptors (Lipinski definition) is 6. The standard InChI is InChI=1S/C16H14N2O4S2/c1-2-17-15(21)11(22-16(17)23)7-8-13-18(9-14(19)20)10-5-3-4-6-12(10)24-13/h3-8H,2,9H2,1H3,(H,19,20). The van der Waals surface area contributed by atoms with Crippen LogP contribution in [-0.2, 0) is 14.3 Å². The van der Waals surface area contributed by atoms with Crippen LogP contribution in [0.5, 0.6) is 0 Å². The minimum Gasteiger partial charge on any atom is -0.480 e. The van der Waals surface area contributed by atoms with Crippen LogP contribution in [0.1, 0.15) is 6.92 Å². The van der Waals surface area contributed by atoms with Gasteiger partial charge in [0.1, 0.15) is 6.54 Å². The van der Waals surface area contributed by atoms with Crippen LogP contribution in [0.3, 0.4) is 0 Å². The molecule has 0 saturated carbocycles. The summed E-state index contributed by atoms with van der Waals surface area (Å²) in [7, 11) is 0. The summed E-state index contributed by atoms with van der Waals surface area (Å²) in [5, 5.41) is 9.99. The molecule has 1 aromatic carbocycles. The number of para-hydroxylation sites is 1. The molecule has 0 bridgehead atoms. The maximum absolute atomic E-state index is 12.1. The normalized spacial score (nSPS) is 20.0. The molecule has 1 N–H and O–H groups in total. The molecule has 1 aromatic rings. The van der Waals surface area contributed by atoms with Gasteiger partial charge in [0, 0.05) is 11.4 Å². The number of aliphatic carboxylic acids is 1. The van der Waals surface area contributed by atoms with Crippen LogP contribution in [0.25, 0.3) is 0 Å². The Bertz CT molecular complexity index is 788. The van der Waals surface area contributed by atoms with E-state index in [0.29, 0.717) is 11.6 Å². The molecule has 0 aromatic heterocycles.